The highest BCUT2D eigenvalue weighted by Crippen LogP contribution is 2.46. The molecule has 1 amide bonds. The predicted molar refractivity (Wildman–Crippen MR) is 132 cm³/mol. The molecular weight excluding hydrogens is 389 g/mol. The van der Waals surface area contributed by atoms with E-state index >= 15 is 0 Å². The fraction of sp³-hybridized carbons (Fsp3) is 0.731. The van der Waals surface area contributed by atoms with Crippen molar-refractivity contribution in [2.75, 3.05) is 25.4 Å². The zero-order valence-corrected chi connectivity index (χ0v) is 21.6. The third-order valence-corrected chi connectivity index (χ3v) is 8.23. The zero-order valence-electron chi connectivity index (χ0n) is 20.7. The third-order valence-electron chi connectivity index (χ3n) is 5.17. The SMILES string of the molecule is CCCCCCCC[P@](=O)(CC(=O)N(CC(C)(C)C)CC(C)(C)C)c1ccccc1. The number of unbranched alkanes of at least 4 members (excludes halogenated alkanes) is 5. The summed E-state index contributed by atoms with van der Waals surface area (Å²) in [7, 11) is -2.76. The van der Waals surface area contributed by atoms with Gasteiger partial charge in [0, 0.05) is 24.6 Å². The second kappa shape index (κ2) is 12.1. The minimum Gasteiger partial charge on any atom is -0.341 e. The second-order valence-corrected chi connectivity index (χ2v) is 14.3. The number of nitrogens with zero attached hydrogens (tertiary/aromatic N) is 1. The van der Waals surface area contributed by atoms with E-state index in [1.54, 1.807) is 0 Å². The molecule has 1 rings (SSSR count). The Morgan fingerprint density at radius 1 is 0.833 bits per heavy atom. The first-order valence-electron chi connectivity index (χ1n) is 11.8. The van der Waals surface area contributed by atoms with Gasteiger partial charge in [0.15, 0.2) is 0 Å². The first kappa shape index (κ1) is 27.0. The number of rotatable bonds is 12. The summed E-state index contributed by atoms with van der Waals surface area (Å²) >= 11 is 0. The lowest BCUT2D eigenvalue weighted by molar-refractivity contribution is -0.131. The predicted octanol–water partition coefficient (Wildman–Crippen LogP) is 6.96. The average Bonchev–Trinajstić information content (AvgIpc) is 2.62. The molecule has 172 valence electrons. The van der Waals surface area contributed by atoms with Crippen molar-refractivity contribution in [3.63, 3.8) is 0 Å². The van der Waals surface area contributed by atoms with Crippen LogP contribution < -0.4 is 5.30 Å². The second-order valence-electron chi connectivity index (χ2n) is 11.2. The molecule has 0 aliphatic heterocycles. The van der Waals surface area contributed by atoms with Crippen LogP contribution in [0.3, 0.4) is 0 Å². The van der Waals surface area contributed by atoms with E-state index in [4.69, 9.17) is 0 Å². The lowest BCUT2D eigenvalue weighted by Gasteiger charge is -2.35. The molecule has 0 fully saturated rings. The van der Waals surface area contributed by atoms with Gasteiger partial charge in [0.05, 0.1) is 6.16 Å². The van der Waals surface area contributed by atoms with Crippen LogP contribution >= 0.6 is 7.14 Å². The Morgan fingerprint density at radius 2 is 1.33 bits per heavy atom. The average molecular weight is 436 g/mol. The molecule has 0 radical (unpaired) electrons. The van der Waals surface area contributed by atoms with E-state index in [2.05, 4.69) is 48.5 Å². The van der Waals surface area contributed by atoms with E-state index in [1.807, 2.05) is 35.2 Å². The van der Waals surface area contributed by atoms with Gasteiger partial charge in [-0.2, -0.15) is 0 Å². The number of hydrogen-bond acceptors (Lipinski definition) is 2. The molecule has 1 aromatic carbocycles. The van der Waals surface area contributed by atoms with Gasteiger partial charge in [0.25, 0.3) is 0 Å². The molecule has 0 bridgehead atoms. The van der Waals surface area contributed by atoms with Gasteiger partial charge in [-0.15, -0.1) is 0 Å². The van der Waals surface area contributed by atoms with Gasteiger partial charge in [-0.1, -0.05) is 111 Å². The van der Waals surface area contributed by atoms with Crippen molar-refractivity contribution in [1.82, 2.24) is 4.90 Å². The molecule has 0 spiro atoms. The van der Waals surface area contributed by atoms with Gasteiger partial charge in [-0.05, 0) is 17.3 Å². The van der Waals surface area contributed by atoms with Crippen LogP contribution in [0.2, 0.25) is 0 Å². The van der Waals surface area contributed by atoms with Crippen LogP contribution in [0.25, 0.3) is 0 Å². The highest BCUT2D eigenvalue weighted by atomic mass is 31.2. The number of amides is 1. The van der Waals surface area contributed by atoms with Crippen LogP contribution in [-0.4, -0.2) is 36.2 Å². The largest absolute Gasteiger partial charge is 0.341 e. The van der Waals surface area contributed by atoms with Gasteiger partial charge in [0.1, 0.15) is 7.14 Å². The Kier molecular flexibility index (Phi) is 10.9. The molecule has 30 heavy (non-hydrogen) atoms. The van der Waals surface area contributed by atoms with Crippen molar-refractivity contribution < 1.29 is 9.36 Å². The van der Waals surface area contributed by atoms with Gasteiger partial charge < -0.3 is 9.46 Å². The van der Waals surface area contributed by atoms with E-state index in [-0.39, 0.29) is 22.9 Å². The van der Waals surface area contributed by atoms with Gasteiger partial charge >= 0.3 is 0 Å². The van der Waals surface area contributed by atoms with E-state index in [0.717, 1.165) is 18.1 Å². The van der Waals surface area contributed by atoms with Gasteiger partial charge in [0.2, 0.25) is 5.91 Å². The Hall–Kier alpha value is -1.08. The van der Waals surface area contributed by atoms with Crippen molar-refractivity contribution in [1.29, 1.82) is 0 Å². The Morgan fingerprint density at radius 3 is 1.83 bits per heavy atom. The highest BCUT2D eigenvalue weighted by molar-refractivity contribution is 7.72. The fourth-order valence-electron chi connectivity index (χ4n) is 3.84. The molecule has 0 heterocycles. The van der Waals surface area contributed by atoms with Crippen LogP contribution in [0.5, 0.6) is 0 Å². The van der Waals surface area contributed by atoms with E-state index in [9.17, 15) is 9.36 Å². The summed E-state index contributed by atoms with van der Waals surface area (Å²) < 4.78 is 14.1. The minimum atomic E-state index is -2.76. The Bertz CT molecular complexity index is 655. The summed E-state index contributed by atoms with van der Waals surface area (Å²) in [6.45, 7) is 16.5. The Labute approximate surface area is 186 Å². The van der Waals surface area contributed by atoms with E-state index < -0.39 is 7.14 Å². The maximum absolute atomic E-state index is 14.1. The van der Waals surface area contributed by atoms with Crippen molar-refractivity contribution in [2.45, 2.75) is 87.0 Å². The topological polar surface area (TPSA) is 37.4 Å². The van der Waals surface area contributed by atoms with Crippen LogP contribution in [0.4, 0.5) is 0 Å². The molecule has 1 atom stereocenters. The van der Waals surface area contributed by atoms with Crippen molar-refractivity contribution in [2.24, 2.45) is 10.8 Å². The molecule has 3 nitrogen and oxygen atoms in total. The molecule has 4 heteroatoms. The van der Waals surface area contributed by atoms with Crippen LogP contribution in [0.1, 0.15) is 87.0 Å². The van der Waals surface area contributed by atoms with Crippen molar-refractivity contribution in [3.8, 4) is 0 Å². The third kappa shape index (κ3) is 10.8. The monoisotopic (exact) mass is 435 g/mol. The van der Waals surface area contributed by atoms with Crippen molar-refractivity contribution >= 4 is 18.4 Å². The van der Waals surface area contributed by atoms with Crippen LogP contribution in [0.15, 0.2) is 30.3 Å². The molecule has 0 unspecified atom stereocenters. The first-order chi connectivity index (χ1) is 13.9. The normalized spacial score (nSPS) is 14.4. The zero-order chi connectivity index (χ0) is 22.8. The van der Waals surface area contributed by atoms with Crippen molar-refractivity contribution in [3.05, 3.63) is 30.3 Å². The number of carbonyl (C=O) groups excluding carboxylic acids is 1. The lowest BCUT2D eigenvalue weighted by Crippen LogP contribution is -2.44. The molecule has 0 aliphatic carbocycles. The van der Waals surface area contributed by atoms with Gasteiger partial charge in [-0.25, -0.2) is 0 Å². The fourth-order valence-corrected chi connectivity index (χ4v) is 6.53. The molecule has 1 aromatic rings. The smallest absolute Gasteiger partial charge is 0.230 e. The molecule has 0 aromatic heterocycles. The highest BCUT2D eigenvalue weighted by Gasteiger charge is 2.32. The summed E-state index contributed by atoms with van der Waals surface area (Å²) in [6, 6.07) is 9.73. The maximum atomic E-state index is 14.1. The standard InChI is InChI=1S/C26H46NO2P/c1-8-9-10-11-12-16-19-30(29,23-17-14-13-15-18-23)20-24(28)27(21-25(2,3)4)22-26(5,6)7/h13-15,17-18H,8-12,16,19-22H2,1-7H3/t30-/m0/s1. The van der Waals surface area contributed by atoms with Crippen LogP contribution in [0, 0.1) is 10.8 Å². The number of carbonyl (C=O) groups is 1. The number of hydrogen-bond donors (Lipinski definition) is 0. The summed E-state index contributed by atoms with van der Waals surface area (Å²) in [5, 5.41) is 0.860. The van der Waals surface area contributed by atoms with E-state index in [1.165, 1.54) is 25.7 Å². The first-order valence-corrected chi connectivity index (χ1v) is 13.9. The number of benzene rings is 1. The molecule has 0 saturated heterocycles. The Balaban J connectivity index is 2.97. The quantitative estimate of drug-likeness (QED) is 0.263. The van der Waals surface area contributed by atoms with E-state index in [0.29, 0.717) is 19.3 Å². The molecule has 0 saturated carbocycles. The molecule has 0 N–H and O–H groups in total. The van der Waals surface area contributed by atoms with Gasteiger partial charge in [-0.3, -0.25) is 4.79 Å². The summed E-state index contributed by atoms with van der Waals surface area (Å²) in [5.74, 6) is 0.0398. The van der Waals surface area contributed by atoms with Crippen LogP contribution in [-0.2, 0) is 9.36 Å². The summed E-state index contributed by atoms with van der Waals surface area (Å²) in [5.41, 5.74) is 0.0217. The maximum Gasteiger partial charge on any atom is 0.230 e. The molecular formula is C26H46NO2P. The summed E-state index contributed by atoms with van der Waals surface area (Å²) in [4.78, 5) is 15.4. The summed E-state index contributed by atoms with van der Waals surface area (Å²) in [6.07, 6.45) is 7.75. The lowest BCUT2D eigenvalue weighted by atomic mass is 9.92. The molecule has 0 aliphatic rings. The minimum absolute atomic E-state index is 0.0108.